The van der Waals surface area contributed by atoms with Crippen LogP contribution < -0.4 is 15.6 Å². The van der Waals surface area contributed by atoms with Crippen LogP contribution in [-0.2, 0) is 13.0 Å². The minimum Gasteiger partial charge on any atom is -0.496 e. The molecule has 1 amide bonds. The molecule has 5 nitrogen and oxygen atoms in total. The van der Waals surface area contributed by atoms with Crippen LogP contribution in [0.1, 0.15) is 28.9 Å². The highest BCUT2D eigenvalue weighted by molar-refractivity contribution is 6.31. The topological polar surface area (TPSA) is 60.3 Å². The second-order valence-corrected chi connectivity index (χ2v) is 5.94. The van der Waals surface area contributed by atoms with Gasteiger partial charge in [0.15, 0.2) is 5.82 Å². The molecule has 3 rings (SSSR count). The summed E-state index contributed by atoms with van der Waals surface area (Å²) >= 11 is 5.74. The van der Waals surface area contributed by atoms with E-state index in [1.165, 1.54) is 25.3 Å². The van der Waals surface area contributed by atoms with Crippen LogP contribution in [0.25, 0.3) is 0 Å². The van der Waals surface area contributed by atoms with Crippen molar-refractivity contribution in [1.82, 2.24) is 4.57 Å². The van der Waals surface area contributed by atoms with E-state index in [2.05, 4.69) is 5.32 Å². The van der Waals surface area contributed by atoms with Gasteiger partial charge >= 0.3 is 0 Å². The van der Waals surface area contributed by atoms with Crippen LogP contribution in [0.2, 0.25) is 5.02 Å². The zero-order chi connectivity index (χ0) is 17.3. The van der Waals surface area contributed by atoms with Crippen LogP contribution >= 0.6 is 11.6 Å². The average molecular weight is 351 g/mol. The largest absolute Gasteiger partial charge is 0.496 e. The van der Waals surface area contributed by atoms with Gasteiger partial charge in [-0.25, -0.2) is 4.39 Å². The molecule has 2 aromatic rings. The van der Waals surface area contributed by atoms with E-state index in [-0.39, 0.29) is 27.6 Å². The number of carbonyl (C=O) groups is 1. The summed E-state index contributed by atoms with van der Waals surface area (Å²) in [5, 5.41) is 2.44. The van der Waals surface area contributed by atoms with Gasteiger partial charge in [0.1, 0.15) is 11.3 Å². The van der Waals surface area contributed by atoms with Gasteiger partial charge in [-0.05, 0) is 31.4 Å². The summed E-state index contributed by atoms with van der Waals surface area (Å²) in [6, 6.07) is 5.66. The molecule has 0 bridgehead atoms. The quantitative estimate of drug-likeness (QED) is 0.924. The molecule has 1 aliphatic heterocycles. The summed E-state index contributed by atoms with van der Waals surface area (Å²) in [5.74, 6) is -1.04. The first-order valence-corrected chi connectivity index (χ1v) is 7.96. The van der Waals surface area contributed by atoms with Gasteiger partial charge in [-0.15, -0.1) is 0 Å². The Bertz CT molecular complexity index is 864. The normalized spacial score (nSPS) is 13.3. The molecule has 0 radical (unpaired) electrons. The van der Waals surface area contributed by atoms with Gasteiger partial charge in [-0.1, -0.05) is 17.7 Å². The van der Waals surface area contributed by atoms with Crippen molar-refractivity contribution in [3.63, 3.8) is 0 Å². The number of rotatable bonds is 3. The summed E-state index contributed by atoms with van der Waals surface area (Å²) in [5.41, 5.74) is 0.657. The molecule has 7 heteroatoms. The van der Waals surface area contributed by atoms with Crippen molar-refractivity contribution in [2.75, 3.05) is 12.4 Å². The fourth-order valence-electron chi connectivity index (χ4n) is 2.93. The Labute approximate surface area is 143 Å². The molecule has 0 saturated heterocycles. The number of carbonyl (C=O) groups excluding carboxylic acids is 1. The maximum Gasteiger partial charge on any atom is 0.261 e. The number of halogens is 2. The zero-order valence-electron chi connectivity index (χ0n) is 13.1. The third-order valence-corrected chi connectivity index (χ3v) is 4.37. The van der Waals surface area contributed by atoms with Crippen molar-refractivity contribution in [3.8, 4) is 5.75 Å². The van der Waals surface area contributed by atoms with Crippen molar-refractivity contribution in [2.24, 2.45) is 0 Å². The maximum atomic E-state index is 14.0. The van der Waals surface area contributed by atoms with E-state index in [1.54, 1.807) is 10.6 Å². The first-order valence-electron chi connectivity index (χ1n) is 7.59. The number of anilines is 1. The van der Waals surface area contributed by atoms with Gasteiger partial charge < -0.3 is 14.6 Å². The predicted octanol–water partition coefficient (Wildman–Crippen LogP) is 3.24. The molecule has 0 aliphatic carbocycles. The molecule has 1 aromatic heterocycles. The van der Waals surface area contributed by atoms with E-state index < -0.39 is 11.7 Å². The van der Waals surface area contributed by atoms with Crippen molar-refractivity contribution < 1.29 is 13.9 Å². The van der Waals surface area contributed by atoms with Crippen LogP contribution in [0.4, 0.5) is 10.1 Å². The van der Waals surface area contributed by atoms with Gasteiger partial charge in [-0.3, -0.25) is 9.59 Å². The molecule has 2 heterocycles. The molecule has 0 atom stereocenters. The Kier molecular flexibility index (Phi) is 4.57. The van der Waals surface area contributed by atoms with Gasteiger partial charge in [0.25, 0.3) is 11.5 Å². The van der Waals surface area contributed by atoms with E-state index in [0.717, 1.165) is 12.8 Å². The summed E-state index contributed by atoms with van der Waals surface area (Å²) in [6.07, 6.45) is 2.34. The lowest BCUT2D eigenvalue weighted by Crippen LogP contribution is -2.30. The third-order valence-electron chi connectivity index (χ3n) is 4.07. The van der Waals surface area contributed by atoms with Crippen molar-refractivity contribution in [1.29, 1.82) is 0 Å². The summed E-state index contributed by atoms with van der Waals surface area (Å²) in [6.45, 7) is 0.559. The van der Waals surface area contributed by atoms with Crippen molar-refractivity contribution in [3.05, 3.63) is 56.7 Å². The number of aromatic nitrogens is 1. The highest BCUT2D eigenvalue weighted by atomic mass is 35.5. The maximum absolute atomic E-state index is 14.0. The SMILES string of the molecule is COc1cc(=O)n2c(c1C(=O)Nc1cccc(Cl)c1F)CCCC2. The van der Waals surface area contributed by atoms with Crippen LogP contribution in [0.5, 0.6) is 5.75 Å². The fourth-order valence-corrected chi connectivity index (χ4v) is 3.10. The van der Waals surface area contributed by atoms with Gasteiger partial charge in [-0.2, -0.15) is 0 Å². The molecule has 0 unspecified atom stereocenters. The van der Waals surface area contributed by atoms with E-state index in [0.29, 0.717) is 18.7 Å². The van der Waals surface area contributed by atoms with Crippen LogP contribution in [0, 0.1) is 5.82 Å². The standard InChI is InChI=1S/C17H16ClFN2O3/c1-24-13-9-14(22)21-8-3-2-7-12(21)15(13)17(23)20-11-6-4-5-10(18)16(11)19/h4-6,9H,2-3,7-8H2,1H3,(H,20,23). The first kappa shape index (κ1) is 16.5. The molecule has 126 valence electrons. The van der Waals surface area contributed by atoms with Crippen LogP contribution in [-0.4, -0.2) is 17.6 Å². The molecule has 0 fully saturated rings. The summed E-state index contributed by atoms with van der Waals surface area (Å²) < 4.78 is 20.8. The van der Waals surface area contributed by atoms with Crippen LogP contribution in [0.15, 0.2) is 29.1 Å². The zero-order valence-corrected chi connectivity index (χ0v) is 13.8. The number of benzene rings is 1. The minimum atomic E-state index is -0.701. The number of nitrogens with one attached hydrogen (secondary N) is 1. The minimum absolute atomic E-state index is 0.0182. The number of pyridine rings is 1. The number of hydrogen-bond acceptors (Lipinski definition) is 3. The Morgan fingerprint density at radius 3 is 2.92 bits per heavy atom. The van der Waals surface area contributed by atoms with E-state index in [9.17, 15) is 14.0 Å². The number of nitrogens with zero attached hydrogens (tertiary/aromatic N) is 1. The molecule has 0 spiro atoms. The summed E-state index contributed by atoms with van der Waals surface area (Å²) in [4.78, 5) is 24.9. The fraction of sp³-hybridized carbons (Fsp3) is 0.294. The lowest BCUT2D eigenvalue weighted by molar-refractivity contribution is 0.102. The molecule has 24 heavy (non-hydrogen) atoms. The monoisotopic (exact) mass is 350 g/mol. The predicted molar refractivity (Wildman–Crippen MR) is 89.6 cm³/mol. The Morgan fingerprint density at radius 1 is 1.38 bits per heavy atom. The van der Waals surface area contributed by atoms with Crippen molar-refractivity contribution in [2.45, 2.75) is 25.8 Å². The number of fused-ring (bicyclic) bond motifs is 1. The molecule has 1 aromatic carbocycles. The van der Waals surface area contributed by atoms with Crippen LogP contribution in [0.3, 0.4) is 0 Å². The number of hydrogen-bond donors (Lipinski definition) is 1. The molecule has 1 N–H and O–H groups in total. The average Bonchev–Trinajstić information content (AvgIpc) is 2.58. The second-order valence-electron chi connectivity index (χ2n) is 5.54. The highest BCUT2D eigenvalue weighted by Crippen LogP contribution is 2.27. The Balaban J connectivity index is 2.06. The van der Waals surface area contributed by atoms with Gasteiger partial charge in [0.2, 0.25) is 0 Å². The van der Waals surface area contributed by atoms with E-state index in [1.807, 2.05) is 0 Å². The van der Waals surface area contributed by atoms with Gasteiger partial charge in [0, 0.05) is 18.3 Å². The lowest BCUT2D eigenvalue weighted by Gasteiger charge is -2.22. The Hall–Kier alpha value is -2.34. The molecular formula is C17H16ClFN2O3. The van der Waals surface area contributed by atoms with Gasteiger partial charge in [0.05, 0.1) is 17.8 Å². The highest BCUT2D eigenvalue weighted by Gasteiger charge is 2.24. The molecular weight excluding hydrogens is 335 g/mol. The Morgan fingerprint density at radius 2 is 2.17 bits per heavy atom. The number of ether oxygens (including phenoxy) is 1. The van der Waals surface area contributed by atoms with Crippen molar-refractivity contribution >= 4 is 23.2 Å². The molecule has 1 aliphatic rings. The summed E-state index contributed by atoms with van der Waals surface area (Å²) in [7, 11) is 1.39. The third kappa shape index (κ3) is 2.89. The lowest BCUT2D eigenvalue weighted by atomic mass is 10.0. The van der Waals surface area contributed by atoms with E-state index in [4.69, 9.17) is 16.3 Å². The van der Waals surface area contributed by atoms with E-state index >= 15 is 0 Å². The second kappa shape index (κ2) is 6.65. The number of amides is 1. The first-order chi connectivity index (χ1) is 11.5. The number of methoxy groups -OCH3 is 1. The smallest absolute Gasteiger partial charge is 0.261 e. The molecule has 0 saturated carbocycles.